The average Bonchev–Trinajstić information content (AvgIpc) is 3.59. The van der Waals surface area contributed by atoms with Gasteiger partial charge in [0.2, 0.25) is 0 Å². The standard InChI is InChI=1S/C26H29N7O4S/c1-31-8-3-9-32(11-10-31)25(35)19-7-6-18(38-19)23-21-22(28-29-23)16-4-2-5-17(20(16)24(21)34)27-26(36)30-33-12-14-37-15-13-33/h2,4-7,22H,3,8-15H2,1H3,(H2,27,30,36). The number of carbonyl (C=O) groups is 3. The number of ketones is 1. The van der Waals surface area contributed by atoms with E-state index in [1.54, 1.807) is 17.1 Å². The van der Waals surface area contributed by atoms with Crippen LogP contribution >= 0.6 is 11.3 Å². The normalized spacial score (nSPS) is 21.9. The van der Waals surface area contributed by atoms with Crippen LogP contribution in [-0.2, 0) is 4.74 Å². The number of hydrazine groups is 1. The number of hydrogen-bond donors (Lipinski definition) is 2. The van der Waals surface area contributed by atoms with Crippen molar-refractivity contribution < 1.29 is 19.1 Å². The number of ether oxygens (including phenoxy) is 1. The third-order valence-corrected chi connectivity index (χ3v) is 8.32. The summed E-state index contributed by atoms with van der Waals surface area (Å²) in [5.41, 5.74) is 5.37. The largest absolute Gasteiger partial charge is 0.379 e. The predicted molar refractivity (Wildman–Crippen MR) is 142 cm³/mol. The molecule has 198 valence electrons. The monoisotopic (exact) mass is 535 g/mol. The topological polar surface area (TPSA) is 119 Å². The number of likely N-dealkylation sites (N-methyl/N-ethyl adjacent to an activating group) is 1. The van der Waals surface area contributed by atoms with Gasteiger partial charge in [-0.1, -0.05) is 12.1 Å². The van der Waals surface area contributed by atoms with Gasteiger partial charge in [0.15, 0.2) is 5.78 Å². The van der Waals surface area contributed by atoms with Crippen LogP contribution in [0.2, 0.25) is 0 Å². The molecule has 0 radical (unpaired) electrons. The molecule has 1 atom stereocenters. The molecule has 1 unspecified atom stereocenters. The van der Waals surface area contributed by atoms with Gasteiger partial charge in [0.25, 0.3) is 5.91 Å². The quantitative estimate of drug-likeness (QED) is 0.621. The fourth-order valence-corrected chi connectivity index (χ4v) is 6.21. The van der Waals surface area contributed by atoms with Crippen molar-refractivity contribution in [3.63, 3.8) is 0 Å². The van der Waals surface area contributed by atoms with Crippen LogP contribution in [0.1, 0.15) is 42.9 Å². The number of rotatable bonds is 4. The molecule has 3 aliphatic heterocycles. The van der Waals surface area contributed by atoms with Crippen molar-refractivity contribution in [3.8, 4) is 0 Å². The van der Waals surface area contributed by atoms with E-state index in [0.717, 1.165) is 36.5 Å². The number of fused-ring (bicyclic) bond motifs is 3. The van der Waals surface area contributed by atoms with E-state index in [1.807, 2.05) is 23.1 Å². The lowest BCUT2D eigenvalue weighted by Gasteiger charge is -2.27. The summed E-state index contributed by atoms with van der Waals surface area (Å²) in [4.78, 5) is 45.0. The lowest BCUT2D eigenvalue weighted by atomic mass is 10.1. The van der Waals surface area contributed by atoms with Gasteiger partial charge in [-0.15, -0.1) is 11.3 Å². The highest BCUT2D eigenvalue weighted by Crippen LogP contribution is 2.49. The molecule has 2 fully saturated rings. The third-order valence-electron chi connectivity index (χ3n) is 7.24. The summed E-state index contributed by atoms with van der Waals surface area (Å²) in [5.74, 6) is -0.198. The maximum Gasteiger partial charge on any atom is 0.333 e. The fraction of sp³-hybridized carbons (Fsp3) is 0.423. The van der Waals surface area contributed by atoms with E-state index in [4.69, 9.17) is 4.74 Å². The molecule has 1 aromatic carbocycles. The molecule has 3 amide bonds. The molecule has 6 rings (SSSR count). The maximum atomic E-state index is 13.7. The number of morpholine rings is 1. The second kappa shape index (κ2) is 10.4. The van der Waals surface area contributed by atoms with Crippen LogP contribution in [0.5, 0.6) is 0 Å². The third kappa shape index (κ3) is 4.64. The number of amides is 3. The van der Waals surface area contributed by atoms with Crippen LogP contribution in [0, 0.1) is 0 Å². The van der Waals surface area contributed by atoms with Gasteiger partial charge in [0.1, 0.15) is 11.7 Å². The summed E-state index contributed by atoms with van der Waals surface area (Å²) in [6, 6.07) is 8.08. The van der Waals surface area contributed by atoms with Gasteiger partial charge in [-0.25, -0.2) is 9.80 Å². The molecule has 0 spiro atoms. The number of urea groups is 1. The Morgan fingerprint density at radius 1 is 1.05 bits per heavy atom. The number of Topliss-reactive ketones (excluding diaryl/α,β-unsaturated/α-hetero) is 1. The zero-order valence-electron chi connectivity index (χ0n) is 21.1. The smallest absolute Gasteiger partial charge is 0.333 e. The van der Waals surface area contributed by atoms with Crippen LogP contribution in [0.25, 0.3) is 5.70 Å². The molecule has 38 heavy (non-hydrogen) atoms. The van der Waals surface area contributed by atoms with E-state index >= 15 is 0 Å². The number of nitrogens with one attached hydrogen (secondary N) is 2. The number of carbonyl (C=O) groups excluding carboxylic acids is 3. The van der Waals surface area contributed by atoms with Crippen molar-refractivity contribution >= 4 is 40.4 Å². The van der Waals surface area contributed by atoms with E-state index in [1.165, 1.54) is 11.3 Å². The molecule has 4 heterocycles. The van der Waals surface area contributed by atoms with Gasteiger partial charge >= 0.3 is 6.03 Å². The highest BCUT2D eigenvalue weighted by Gasteiger charge is 2.42. The Bertz CT molecular complexity index is 1350. The number of hydrogen-bond acceptors (Lipinski definition) is 9. The lowest BCUT2D eigenvalue weighted by Crippen LogP contribution is -2.49. The first kappa shape index (κ1) is 24.9. The minimum atomic E-state index is -0.515. The first-order chi connectivity index (χ1) is 18.5. The molecule has 0 bridgehead atoms. The zero-order valence-corrected chi connectivity index (χ0v) is 21.9. The summed E-state index contributed by atoms with van der Waals surface area (Å²) in [6.45, 7) is 5.55. The molecular weight excluding hydrogens is 506 g/mol. The number of thiophene rings is 1. The first-order valence-electron chi connectivity index (χ1n) is 12.8. The highest BCUT2D eigenvalue weighted by atomic mass is 32.1. The maximum absolute atomic E-state index is 13.7. The molecule has 2 aromatic rings. The Labute approximate surface area is 224 Å². The molecule has 2 saturated heterocycles. The Kier molecular flexibility index (Phi) is 6.78. The molecule has 1 aliphatic carbocycles. The van der Waals surface area contributed by atoms with E-state index in [9.17, 15) is 14.4 Å². The van der Waals surface area contributed by atoms with Crippen LogP contribution in [-0.4, -0.2) is 92.1 Å². The number of nitrogens with zero attached hydrogens (tertiary/aromatic N) is 5. The molecule has 1 aromatic heterocycles. The summed E-state index contributed by atoms with van der Waals surface area (Å²) >= 11 is 1.34. The Morgan fingerprint density at radius 2 is 1.89 bits per heavy atom. The molecule has 11 nitrogen and oxygen atoms in total. The minimum Gasteiger partial charge on any atom is -0.379 e. The average molecular weight is 536 g/mol. The predicted octanol–water partition coefficient (Wildman–Crippen LogP) is 3.01. The van der Waals surface area contributed by atoms with Gasteiger partial charge in [0, 0.05) is 32.7 Å². The molecule has 0 saturated carbocycles. The van der Waals surface area contributed by atoms with E-state index < -0.39 is 12.1 Å². The Hall–Kier alpha value is -3.45. The summed E-state index contributed by atoms with van der Waals surface area (Å²) in [7, 11) is 2.07. The SMILES string of the molecule is CN1CCCN(C(=O)c2ccc(C3=C4C(=O)c5c(NC(=O)NN6CCOCC6)cccc5C4N=N3)s2)CC1. The lowest BCUT2D eigenvalue weighted by molar-refractivity contribution is 0.0207. The summed E-state index contributed by atoms with van der Waals surface area (Å²) < 4.78 is 5.31. The molecule has 12 heteroatoms. The van der Waals surface area contributed by atoms with Crippen LogP contribution in [0.3, 0.4) is 0 Å². The van der Waals surface area contributed by atoms with Gasteiger partial charge in [-0.2, -0.15) is 10.2 Å². The highest BCUT2D eigenvalue weighted by molar-refractivity contribution is 7.15. The Balaban J connectivity index is 1.22. The minimum absolute atomic E-state index is 0.00689. The molecular formula is C26H29N7O4S. The van der Waals surface area contributed by atoms with Crippen LogP contribution < -0.4 is 10.7 Å². The van der Waals surface area contributed by atoms with E-state index in [2.05, 4.69) is 32.9 Å². The summed E-state index contributed by atoms with van der Waals surface area (Å²) in [5, 5.41) is 13.4. The van der Waals surface area contributed by atoms with Gasteiger partial charge in [0.05, 0.1) is 39.8 Å². The van der Waals surface area contributed by atoms with Gasteiger partial charge in [-0.05, 0) is 43.8 Å². The molecule has 2 N–H and O–H groups in total. The van der Waals surface area contributed by atoms with Gasteiger partial charge < -0.3 is 19.9 Å². The number of azo groups is 1. The van der Waals surface area contributed by atoms with Gasteiger partial charge in [-0.3, -0.25) is 15.0 Å². The number of benzene rings is 1. The van der Waals surface area contributed by atoms with Crippen molar-refractivity contribution in [2.75, 3.05) is 64.8 Å². The van der Waals surface area contributed by atoms with Crippen LogP contribution in [0.15, 0.2) is 46.1 Å². The first-order valence-corrected chi connectivity index (χ1v) is 13.6. The Morgan fingerprint density at radius 3 is 2.74 bits per heavy atom. The van der Waals surface area contributed by atoms with Crippen molar-refractivity contribution in [1.82, 2.24) is 20.2 Å². The fourth-order valence-electron chi connectivity index (χ4n) is 5.23. The van der Waals surface area contributed by atoms with E-state index in [-0.39, 0.29) is 11.7 Å². The van der Waals surface area contributed by atoms with Crippen LogP contribution in [0.4, 0.5) is 10.5 Å². The second-order valence-electron chi connectivity index (χ2n) is 9.76. The molecule has 4 aliphatic rings. The van der Waals surface area contributed by atoms with Crippen molar-refractivity contribution in [2.45, 2.75) is 12.5 Å². The van der Waals surface area contributed by atoms with Crippen molar-refractivity contribution in [1.29, 1.82) is 0 Å². The van der Waals surface area contributed by atoms with Crippen molar-refractivity contribution in [2.24, 2.45) is 10.2 Å². The van der Waals surface area contributed by atoms with E-state index in [0.29, 0.717) is 60.2 Å². The summed E-state index contributed by atoms with van der Waals surface area (Å²) in [6.07, 6.45) is 0.944. The zero-order chi connectivity index (χ0) is 26.2. The second-order valence-corrected chi connectivity index (χ2v) is 10.8. The van der Waals surface area contributed by atoms with Crippen molar-refractivity contribution in [3.05, 3.63) is 56.8 Å². The number of anilines is 1.